The van der Waals surface area contributed by atoms with Crippen molar-refractivity contribution in [2.24, 2.45) is 5.14 Å². The highest BCUT2D eigenvalue weighted by atomic mass is 32.2. The molecule has 0 aliphatic carbocycles. The van der Waals surface area contributed by atoms with Crippen LogP contribution < -0.4 is 15.8 Å². The van der Waals surface area contributed by atoms with E-state index in [1.165, 1.54) is 11.6 Å². The van der Waals surface area contributed by atoms with Crippen molar-refractivity contribution in [2.75, 3.05) is 11.9 Å². The Hall–Kier alpha value is -1.96. The minimum atomic E-state index is -3.75. The molecule has 0 atom stereocenters. The third-order valence-corrected chi connectivity index (χ3v) is 4.59. The second kappa shape index (κ2) is 7.54. The molecule has 0 saturated carbocycles. The predicted molar refractivity (Wildman–Crippen MR) is 96.9 cm³/mol. The first-order valence-electron chi connectivity index (χ1n) is 7.08. The van der Waals surface area contributed by atoms with E-state index in [4.69, 9.17) is 17.4 Å². The molecule has 2 aromatic carbocycles. The Labute approximate surface area is 142 Å². The van der Waals surface area contributed by atoms with Gasteiger partial charge < -0.3 is 10.6 Å². The summed E-state index contributed by atoms with van der Waals surface area (Å²) in [5, 5.41) is 11.7. The average molecular weight is 349 g/mol. The number of anilines is 1. The Morgan fingerprint density at radius 3 is 2.52 bits per heavy atom. The summed E-state index contributed by atoms with van der Waals surface area (Å²) in [5.74, 6) is 0. The van der Waals surface area contributed by atoms with Crippen molar-refractivity contribution in [3.8, 4) is 0 Å². The molecule has 4 N–H and O–H groups in total. The average Bonchev–Trinajstić information content (AvgIpc) is 2.49. The number of hydrogen-bond acceptors (Lipinski definition) is 3. The largest absolute Gasteiger partial charge is 0.362 e. The van der Waals surface area contributed by atoms with Crippen LogP contribution in [0.2, 0.25) is 0 Å². The standard InChI is InChI=1S/C16H19N3O2S2/c1-12-7-8-14(11-15(12)23(17,20)21)19-16(22)18-10-9-13-5-3-2-4-6-13/h2-8,11H,9-10H2,1H3,(H2,17,20,21)(H2,18,19,22). The fourth-order valence-electron chi connectivity index (χ4n) is 2.12. The molecule has 0 aliphatic rings. The van der Waals surface area contributed by atoms with Gasteiger partial charge in [-0.1, -0.05) is 36.4 Å². The molecule has 0 unspecified atom stereocenters. The Kier molecular flexibility index (Phi) is 5.70. The molecule has 0 aliphatic heterocycles. The molecule has 7 heteroatoms. The van der Waals surface area contributed by atoms with Gasteiger partial charge in [-0.15, -0.1) is 0 Å². The third-order valence-electron chi connectivity index (χ3n) is 3.29. The zero-order chi connectivity index (χ0) is 16.9. The molecule has 0 spiro atoms. The zero-order valence-corrected chi connectivity index (χ0v) is 14.4. The summed E-state index contributed by atoms with van der Waals surface area (Å²) in [4.78, 5) is 0.0922. The monoisotopic (exact) mass is 349 g/mol. The Balaban J connectivity index is 1.93. The minimum absolute atomic E-state index is 0.0922. The molecule has 23 heavy (non-hydrogen) atoms. The van der Waals surface area contributed by atoms with Gasteiger partial charge in [0.1, 0.15) is 0 Å². The van der Waals surface area contributed by atoms with Crippen LogP contribution >= 0.6 is 12.2 Å². The number of sulfonamides is 1. The number of thiocarbonyl (C=S) groups is 1. The molecular weight excluding hydrogens is 330 g/mol. The summed E-state index contributed by atoms with van der Waals surface area (Å²) in [6, 6.07) is 15.0. The number of aryl methyl sites for hydroxylation is 1. The Morgan fingerprint density at radius 1 is 1.17 bits per heavy atom. The first-order chi connectivity index (χ1) is 10.9. The van der Waals surface area contributed by atoms with E-state index in [1.54, 1.807) is 19.1 Å². The van der Waals surface area contributed by atoms with Crippen LogP contribution in [0.5, 0.6) is 0 Å². The smallest absolute Gasteiger partial charge is 0.238 e. The number of rotatable bonds is 5. The first kappa shape index (κ1) is 17.4. The van der Waals surface area contributed by atoms with Crippen molar-refractivity contribution in [2.45, 2.75) is 18.2 Å². The van der Waals surface area contributed by atoms with Crippen molar-refractivity contribution in [1.82, 2.24) is 5.32 Å². The van der Waals surface area contributed by atoms with Crippen molar-refractivity contribution in [3.05, 3.63) is 59.7 Å². The van der Waals surface area contributed by atoms with Crippen LogP contribution in [0.4, 0.5) is 5.69 Å². The molecule has 0 fully saturated rings. The van der Waals surface area contributed by atoms with Crippen LogP contribution in [0.25, 0.3) is 0 Å². The van der Waals surface area contributed by atoms with Gasteiger partial charge in [-0.05, 0) is 48.8 Å². The van der Waals surface area contributed by atoms with Crippen molar-refractivity contribution >= 4 is 33.0 Å². The first-order valence-corrected chi connectivity index (χ1v) is 9.04. The second-order valence-electron chi connectivity index (χ2n) is 5.14. The van der Waals surface area contributed by atoms with Crippen molar-refractivity contribution in [1.29, 1.82) is 0 Å². The lowest BCUT2D eigenvalue weighted by atomic mass is 10.1. The van der Waals surface area contributed by atoms with Gasteiger partial charge in [-0.2, -0.15) is 0 Å². The van der Waals surface area contributed by atoms with E-state index < -0.39 is 10.0 Å². The van der Waals surface area contributed by atoms with Gasteiger partial charge in [0, 0.05) is 12.2 Å². The van der Waals surface area contributed by atoms with Gasteiger partial charge in [0.25, 0.3) is 0 Å². The number of primary sulfonamides is 1. The van der Waals surface area contributed by atoms with Crippen molar-refractivity contribution in [3.63, 3.8) is 0 Å². The fourth-order valence-corrected chi connectivity index (χ4v) is 3.15. The van der Waals surface area contributed by atoms with E-state index in [-0.39, 0.29) is 4.90 Å². The van der Waals surface area contributed by atoms with E-state index in [0.29, 0.717) is 22.9 Å². The molecule has 0 amide bonds. The summed E-state index contributed by atoms with van der Waals surface area (Å²) >= 11 is 5.22. The molecular formula is C16H19N3O2S2. The fraction of sp³-hybridized carbons (Fsp3) is 0.188. The number of nitrogens with one attached hydrogen (secondary N) is 2. The van der Waals surface area contributed by atoms with Crippen LogP contribution in [0, 0.1) is 6.92 Å². The van der Waals surface area contributed by atoms with Crippen LogP contribution in [0.3, 0.4) is 0 Å². The molecule has 0 aromatic heterocycles. The van der Waals surface area contributed by atoms with Gasteiger partial charge in [0.2, 0.25) is 10.0 Å². The second-order valence-corrected chi connectivity index (χ2v) is 7.08. The van der Waals surface area contributed by atoms with Crippen LogP contribution in [-0.2, 0) is 16.4 Å². The molecule has 0 saturated heterocycles. The van der Waals surface area contributed by atoms with Gasteiger partial charge >= 0.3 is 0 Å². The Morgan fingerprint density at radius 2 is 1.87 bits per heavy atom. The quantitative estimate of drug-likeness (QED) is 0.721. The lowest BCUT2D eigenvalue weighted by molar-refractivity contribution is 0.597. The molecule has 0 heterocycles. The number of benzene rings is 2. The van der Waals surface area contributed by atoms with E-state index in [2.05, 4.69) is 22.8 Å². The predicted octanol–water partition coefficient (Wildman–Crippen LogP) is 2.17. The highest BCUT2D eigenvalue weighted by Gasteiger charge is 2.12. The lowest BCUT2D eigenvalue weighted by Gasteiger charge is -2.12. The van der Waals surface area contributed by atoms with E-state index in [9.17, 15) is 8.42 Å². The normalized spacial score (nSPS) is 11.0. The summed E-state index contributed by atoms with van der Waals surface area (Å²) in [5.41, 5.74) is 2.40. The minimum Gasteiger partial charge on any atom is -0.362 e. The van der Waals surface area contributed by atoms with Gasteiger partial charge in [0.15, 0.2) is 5.11 Å². The summed E-state index contributed by atoms with van der Waals surface area (Å²) in [6.45, 7) is 2.38. The highest BCUT2D eigenvalue weighted by molar-refractivity contribution is 7.89. The molecule has 122 valence electrons. The SMILES string of the molecule is Cc1ccc(NC(=S)NCCc2ccccc2)cc1S(N)(=O)=O. The third kappa shape index (κ3) is 5.31. The topological polar surface area (TPSA) is 84.2 Å². The van der Waals surface area contributed by atoms with Crippen molar-refractivity contribution < 1.29 is 8.42 Å². The summed E-state index contributed by atoms with van der Waals surface area (Å²) in [7, 11) is -3.75. The molecule has 2 aromatic rings. The van der Waals surface area contributed by atoms with E-state index in [0.717, 1.165) is 6.42 Å². The summed E-state index contributed by atoms with van der Waals surface area (Å²) < 4.78 is 23.0. The summed E-state index contributed by atoms with van der Waals surface area (Å²) in [6.07, 6.45) is 0.846. The van der Waals surface area contributed by atoms with Crippen LogP contribution in [-0.4, -0.2) is 20.1 Å². The molecule has 0 bridgehead atoms. The van der Waals surface area contributed by atoms with E-state index in [1.807, 2.05) is 18.2 Å². The van der Waals surface area contributed by atoms with Gasteiger partial charge in [-0.3, -0.25) is 0 Å². The maximum atomic E-state index is 11.5. The highest BCUT2D eigenvalue weighted by Crippen LogP contribution is 2.18. The Bertz CT molecular complexity index is 790. The number of nitrogens with two attached hydrogens (primary N) is 1. The number of hydrogen-bond donors (Lipinski definition) is 3. The lowest BCUT2D eigenvalue weighted by Crippen LogP contribution is -2.30. The maximum Gasteiger partial charge on any atom is 0.238 e. The molecule has 0 radical (unpaired) electrons. The van der Waals surface area contributed by atoms with Crippen LogP contribution in [0.15, 0.2) is 53.4 Å². The molecule has 2 rings (SSSR count). The van der Waals surface area contributed by atoms with E-state index >= 15 is 0 Å². The molecule has 5 nitrogen and oxygen atoms in total. The zero-order valence-electron chi connectivity index (χ0n) is 12.7. The maximum absolute atomic E-state index is 11.5. The van der Waals surface area contributed by atoms with Crippen LogP contribution in [0.1, 0.15) is 11.1 Å². The van der Waals surface area contributed by atoms with Gasteiger partial charge in [0.05, 0.1) is 4.90 Å². The van der Waals surface area contributed by atoms with Gasteiger partial charge in [-0.25, -0.2) is 13.6 Å².